The number of piperazine rings is 1. The Hall–Kier alpha value is -1.99. The average Bonchev–Trinajstić information content (AvgIpc) is 3.64. The molecule has 0 N–H and O–H groups in total. The van der Waals surface area contributed by atoms with Crippen molar-refractivity contribution in [3.8, 4) is 0 Å². The monoisotopic (exact) mass is 510 g/mol. The number of nitrogens with zero attached hydrogens (tertiary/aromatic N) is 4. The molecule has 3 aliphatic rings. The van der Waals surface area contributed by atoms with E-state index in [4.69, 9.17) is 9.97 Å². The van der Waals surface area contributed by atoms with Crippen LogP contribution in [0.15, 0.2) is 28.7 Å². The minimum atomic E-state index is 0.119. The molecule has 32 heavy (non-hydrogen) atoms. The van der Waals surface area contributed by atoms with Crippen molar-refractivity contribution in [3.05, 3.63) is 50.6 Å². The first-order valence-electron chi connectivity index (χ1n) is 11.8. The zero-order valence-electron chi connectivity index (χ0n) is 18.1. The van der Waals surface area contributed by atoms with E-state index in [0.717, 1.165) is 54.3 Å². The van der Waals surface area contributed by atoms with Crippen LogP contribution in [0.4, 0.5) is 5.82 Å². The van der Waals surface area contributed by atoms with Gasteiger partial charge in [0.2, 0.25) is 0 Å². The molecule has 1 saturated carbocycles. The number of halogens is 1. The van der Waals surface area contributed by atoms with Crippen LogP contribution in [0.1, 0.15) is 64.6 Å². The van der Waals surface area contributed by atoms with E-state index in [1.54, 1.807) is 0 Å². The number of anilines is 1. The van der Waals surface area contributed by atoms with Crippen LogP contribution in [0.5, 0.6) is 0 Å². The molecule has 5 nitrogen and oxygen atoms in total. The number of aryl methyl sites for hydroxylation is 2. The lowest BCUT2D eigenvalue weighted by Gasteiger charge is -2.36. The van der Waals surface area contributed by atoms with Crippen molar-refractivity contribution < 1.29 is 4.79 Å². The number of thiophene rings is 1. The average molecular weight is 511 g/mol. The molecule has 3 heterocycles. The highest BCUT2D eigenvalue weighted by molar-refractivity contribution is 9.10. The molecular formula is C25H27BrN4OS. The maximum atomic E-state index is 13.0. The Morgan fingerprint density at radius 2 is 1.72 bits per heavy atom. The van der Waals surface area contributed by atoms with Crippen LogP contribution in [0, 0.1) is 0 Å². The Morgan fingerprint density at radius 3 is 2.47 bits per heavy atom. The summed E-state index contributed by atoms with van der Waals surface area (Å²) in [7, 11) is 0. The zero-order valence-corrected chi connectivity index (χ0v) is 20.6. The van der Waals surface area contributed by atoms with Crippen LogP contribution in [0.2, 0.25) is 0 Å². The standard InChI is InChI=1S/C25H27BrN4OS/c26-18-10-8-17(9-11-18)25(31)30-14-12-29(13-15-30)23-21-19-4-2-1-3-5-20(19)32-24(21)28-22(27-23)16-6-7-16/h8-11,16H,1-7,12-15H2. The SMILES string of the molecule is O=C(c1ccc(Br)cc1)N1CCN(c2nc(C3CC3)nc3sc4c(c23)CCCCC4)CC1. The van der Waals surface area contributed by atoms with E-state index in [1.165, 1.54) is 59.2 Å². The predicted molar refractivity (Wildman–Crippen MR) is 133 cm³/mol. The van der Waals surface area contributed by atoms with Gasteiger partial charge in [-0.25, -0.2) is 9.97 Å². The molecule has 2 aliphatic carbocycles. The van der Waals surface area contributed by atoms with Crippen molar-refractivity contribution >= 4 is 49.2 Å². The van der Waals surface area contributed by atoms with Gasteiger partial charge in [-0.3, -0.25) is 4.79 Å². The van der Waals surface area contributed by atoms with Crippen molar-refractivity contribution in [2.24, 2.45) is 0 Å². The third-order valence-corrected chi connectivity index (χ3v) is 8.68. The smallest absolute Gasteiger partial charge is 0.253 e. The minimum absolute atomic E-state index is 0.119. The summed E-state index contributed by atoms with van der Waals surface area (Å²) in [5.74, 6) is 2.83. The van der Waals surface area contributed by atoms with Crippen molar-refractivity contribution in [3.63, 3.8) is 0 Å². The van der Waals surface area contributed by atoms with Crippen LogP contribution >= 0.6 is 27.3 Å². The van der Waals surface area contributed by atoms with Crippen LogP contribution in [0.3, 0.4) is 0 Å². The lowest BCUT2D eigenvalue weighted by molar-refractivity contribution is 0.0746. The van der Waals surface area contributed by atoms with Gasteiger partial charge in [-0.1, -0.05) is 22.4 Å². The van der Waals surface area contributed by atoms with E-state index in [0.29, 0.717) is 5.92 Å². The van der Waals surface area contributed by atoms with Gasteiger partial charge in [-0.2, -0.15) is 0 Å². The van der Waals surface area contributed by atoms with Gasteiger partial charge in [0.1, 0.15) is 16.5 Å². The highest BCUT2D eigenvalue weighted by atomic mass is 79.9. The van der Waals surface area contributed by atoms with E-state index >= 15 is 0 Å². The van der Waals surface area contributed by atoms with Gasteiger partial charge < -0.3 is 9.80 Å². The van der Waals surface area contributed by atoms with Gasteiger partial charge >= 0.3 is 0 Å². The summed E-state index contributed by atoms with van der Waals surface area (Å²) in [6.45, 7) is 3.10. The van der Waals surface area contributed by atoms with Crippen molar-refractivity contribution in [1.29, 1.82) is 0 Å². The molecule has 1 aliphatic heterocycles. The molecule has 3 aromatic rings. The Bertz CT molecular complexity index is 1160. The van der Waals surface area contributed by atoms with Crippen LogP contribution in [-0.2, 0) is 12.8 Å². The van der Waals surface area contributed by atoms with Crippen molar-refractivity contribution in [2.75, 3.05) is 31.1 Å². The van der Waals surface area contributed by atoms with Gasteiger partial charge in [0.15, 0.2) is 0 Å². The summed E-state index contributed by atoms with van der Waals surface area (Å²) >= 11 is 5.36. The summed E-state index contributed by atoms with van der Waals surface area (Å²) < 4.78 is 0.994. The van der Waals surface area contributed by atoms with Crippen LogP contribution in [-0.4, -0.2) is 47.0 Å². The van der Waals surface area contributed by atoms with Crippen LogP contribution < -0.4 is 4.90 Å². The van der Waals surface area contributed by atoms with Gasteiger partial charge in [-0.05, 0) is 68.4 Å². The molecule has 0 spiro atoms. The topological polar surface area (TPSA) is 49.3 Å². The maximum absolute atomic E-state index is 13.0. The third-order valence-electron chi connectivity index (χ3n) is 6.96. The highest BCUT2D eigenvalue weighted by Crippen LogP contribution is 2.44. The number of amides is 1. The number of hydrogen-bond acceptors (Lipinski definition) is 5. The molecule has 1 aromatic carbocycles. The number of carbonyl (C=O) groups is 1. The Labute approximate surface area is 201 Å². The third kappa shape index (κ3) is 3.83. The Morgan fingerprint density at radius 1 is 0.969 bits per heavy atom. The molecule has 7 heteroatoms. The van der Waals surface area contributed by atoms with Gasteiger partial charge in [0.25, 0.3) is 5.91 Å². The molecule has 0 unspecified atom stereocenters. The molecule has 6 rings (SSSR count). The Balaban J connectivity index is 1.29. The second-order valence-corrected chi connectivity index (χ2v) is 11.2. The number of aromatic nitrogens is 2. The summed E-state index contributed by atoms with van der Waals surface area (Å²) in [4.78, 5) is 30.3. The zero-order chi connectivity index (χ0) is 21.7. The first kappa shape index (κ1) is 20.6. The maximum Gasteiger partial charge on any atom is 0.253 e. The number of rotatable bonds is 3. The van der Waals surface area contributed by atoms with E-state index in [-0.39, 0.29) is 5.91 Å². The summed E-state index contributed by atoms with van der Waals surface area (Å²) in [5.41, 5.74) is 2.26. The molecule has 0 radical (unpaired) electrons. The van der Waals surface area contributed by atoms with Gasteiger partial charge in [-0.15, -0.1) is 11.3 Å². The fourth-order valence-corrected chi connectivity index (χ4v) is 6.51. The quantitative estimate of drug-likeness (QED) is 0.432. The second kappa shape index (κ2) is 8.41. The summed E-state index contributed by atoms with van der Waals surface area (Å²) in [6.07, 6.45) is 8.63. The molecule has 0 bridgehead atoms. The van der Waals surface area contributed by atoms with E-state index < -0.39 is 0 Å². The molecule has 1 amide bonds. The largest absolute Gasteiger partial charge is 0.352 e. The summed E-state index contributed by atoms with van der Waals surface area (Å²) in [6, 6.07) is 7.66. The number of carbonyl (C=O) groups excluding carboxylic acids is 1. The van der Waals surface area contributed by atoms with Gasteiger partial charge in [0.05, 0.1) is 5.39 Å². The van der Waals surface area contributed by atoms with E-state index in [9.17, 15) is 4.79 Å². The molecule has 2 aromatic heterocycles. The van der Waals surface area contributed by atoms with Gasteiger partial charge in [0, 0.05) is 47.0 Å². The summed E-state index contributed by atoms with van der Waals surface area (Å²) in [5, 5.41) is 1.31. The second-order valence-electron chi connectivity index (χ2n) is 9.21. The van der Waals surface area contributed by atoms with Crippen molar-refractivity contribution in [1.82, 2.24) is 14.9 Å². The first-order chi connectivity index (χ1) is 15.7. The highest BCUT2D eigenvalue weighted by Gasteiger charge is 2.32. The number of fused-ring (bicyclic) bond motifs is 3. The van der Waals surface area contributed by atoms with Crippen molar-refractivity contribution in [2.45, 2.75) is 50.9 Å². The van der Waals surface area contributed by atoms with Crippen LogP contribution in [0.25, 0.3) is 10.2 Å². The molecular weight excluding hydrogens is 484 g/mol. The number of hydrogen-bond donors (Lipinski definition) is 0. The molecule has 166 valence electrons. The normalized spacial score (nSPS) is 19.2. The molecule has 2 fully saturated rings. The molecule has 1 saturated heterocycles. The fourth-order valence-electron chi connectivity index (χ4n) is 4.98. The minimum Gasteiger partial charge on any atom is -0.352 e. The first-order valence-corrected chi connectivity index (χ1v) is 13.4. The molecule has 0 atom stereocenters. The lowest BCUT2D eigenvalue weighted by Crippen LogP contribution is -2.49. The predicted octanol–water partition coefficient (Wildman–Crippen LogP) is 5.56. The fraction of sp³-hybridized carbons (Fsp3) is 0.480. The lowest BCUT2D eigenvalue weighted by atomic mass is 10.1. The Kier molecular flexibility index (Phi) is 5.42. The van der Waals surface area contributed by atoms with E-state index in [1.807, 2.05) is 40.5 Å². The van der Waals surface area contributed by atoms with E-state index in [2.05, 4.69) is 20.8 Å². The number of benzene rings is 1.